The maximum atomic E-state index is 11.8. The summed E-state index contributed by atoms with van der Waals surface area (Å²) in [5.74, 6) is 0.0958. The topological polar surface area (TPSA) is 80.4 Å². The molecule has 1 aromatic heterocycles. The second-order valence-electron chi connectivity index (χ2n) is 8.22. The van der Waals surface area contributed by atoms with Gasteiger partial charge in [-0.25, -0.2) is 4.79 Å². The Bertz CT molecular complexity index is 852. The van der Waals surface area contributed by atoms with Crippen molar-refractivity contribution >= 4 is 35.1 Å². The summed E-state index contributed by atoms with van der Waals surface area (Å²) in [5, 5.41) is 4.34. The molecular weight excluding hydrogens is 380 g/mol. The Kier molecular flexibility index (Phi) is 6.99. The van der Waals surface area contributed by atoms with Gasteiger partial charge >= 0.3 is 6.09 Å². The number of carbonyl (C=O) groups is 2. The Morgan fingerprint density at radius 3 is 2.57 bits per heavy atom. The molecule has 2 aromatic rings. The van der Waals surface area contributed by atoms with Gasteiger partial charge in [-0.3, -0.25) is 4.79 Å². The van der Waals surface area contributed by atoms with Crippen LogP contribution >= 0.6 is 11.6 Å². The molecule has 1 amide bonds. The average Bonchev–Trinajstić information content (AvgIpc) is 2.86. The van der Waals surface area contributed by atoms with Crippen molar-refractivity contribution in [2.45, 2.75) is 59.7 Å². The third kappa shape index (κ3) is 5.41. The molecule has 0 radical (unpaired) electrons. The molecule has 1 atom stereocenters. The number of hydrogen-bond donors (Lipinski definition) is 2. The highest BCUT2D eigenvalue weighted by Crippen LogP contribution is 2.36. The summed E-state index contributed by atoms with van der Waals surface area (Å²) in [6.45, 7) is 12.4. The van der Waals surface area contributed by atoms with E-state index in [9.17, 15) is 9.59 Å². The number of H-pyrrole nitrogens is 1. The van der Waals surface area contributed by atoms with Gasteiger partial charge in [-0.05, 0) is 51.3 Å². The van der Waals surface area contributed by atoms with E-state index in [4.69, 9.17) is 21.1 Å². The summed E-state index contributed by atoms with van der Waals surface area (Å²) >= 11 is 6.30. The van der Waals surface area contributed by atoms with Gasteiger partial charge in [0, 0.05) is 40.1 Å². The van der Waals surface area contributed by atoms with Crippen LogP contribution in [0.1, 0.15) is 57.5 Å². The number of nitrogens with one attached hydrogen (secondary N) is 2. The Balaban J connectivity index is 2.28. The highest BCUT2D eigenvalue weighted by Gasteiger charge is 2.23. The van der Waals surface area contributed by atoms with Gasteiger partial charge in [0.05, 0.1) is 0 Å². The quantitative estimate of drug-likeness (QED) is 0.627. The SMILES string of the molecule is Cc1c(CCNC(=O)OC(C)(C)C)[nH]c2cc(Cl)cc(C(OC=O)C(C)C)c12. The lowest BCUT2D eigenvalue weighted by Gasteiger charge is -2.21. The molecule has 0 aliphatic rings. The van der Waals surface area contributed by atoms with Gasteiger partial charge in [-0.2, -0.15) is 0 Å². The number of halogens is 1. The summed E-state index contributed by atoms with van der Waals surface area (Å²) in [6.07, 6.45) is -0.220. The van der Waals surface area contributed by atoms with Crippen molar-refractivity contribution in [3.63, 3.8) is 0 Å². The first-order chi connectivity index (χ1) is 13.0. The molecule has 2 N–H and O–H groups in total. The fourth-order valence-electron chi connectivity index (χ4n) is 3.28. The van der Waals surface area contributed by atoms with E-state index in [1.807, 2.05) is 53.7 Å². The van der Waals surface area contributed by atoms with Crippen LogP contribution in [0.5, 0.6) is 0 Å². The molecule has 1 aromatic carbocycles. The molecule has 1 heterocycles. The van der Waals surface area contributed by atoms with Crippen LogP contribution in [0.2, 0.25) is 5.02 Å². The van der Waals surface area contributed by atoms with Crippen LogP contribution in [-0.4, -0.2) is 29.7 Å². The van der Waals surface area contributed by atoms with Gasteiger partial charge < -0.3 is 19.8 Å². The van der Waals surface area contributed by atoms with E-state index in [0.29, 0.717) is 24.5 Å². The number of benzene rings is 1. The standard InChI is InChI=1S/C21H29ClN2O4/c1-12(2)19(27-11-25)15-9-14(22)10-17-18(15)13(3)16(24-17)7-8-23-20(26)28-21(4,5)6/h9-12,19,24H,7-8H2,1-6H3,(H,23,26). The molecular formula is C21H29ClN2O4. The largest absolute Gasteiger partial charge is 0.459 e. The lowest BCUT2D eigenvalue weighted by atomic mass is 9.94. The molecule has 0 fully saturated rings. The first-order valence-corrected chi connectivity index (χ1v) is 9.77. The molecule has 0 bridgehead atoms. The summed E-state index contributed by atoms with van der Waals surface area (Å²) < 4.78 is 10.6. The molecule has 154 valence electrons. The molecule has 1 unspecified atom stereocenters. The monoisotopic (exact) mass is 408 g/mol. The van der Waals surface area contributed by atoms with Crippen molar-refractivity contribution < 1.29 is 19.1 Å². The smallest absolute Gasteiger partial charge is 0.407 e. The van der Waals surface area contributed by atoms with E-state index in [1.54, 1.807) is 0 Å². The Morgan fingerprint density at radius 2 is 2.00 bits per heavy atom. The normalized spacial score (nSPS) is 12.9. The highest BCUT2D eigenvalue weighted by molar-refractivity contribution is 6.31. The highest BCUT2D eigenvalue weighted by atomic mass is 35.5. The Morgan fingerprint density at radius 1 is 1.32 bits per heavy atom. The van der Waals surface area contributed by atoms with Gasteiger partial charge in [-0.1, -0.05) is 25.4 Å². The molecule has 0 aliphatic heterocycles. The molecule has 6 nitrogen and oxygen atoms in total. The van der Waals surface area contributed by atoms with E-state index in [2.05, 4.69) is 10.3 Å². The van der Waals surface area contributed by atoms with Crippen LogP contribution in [0.15, 0.2) is 12.1 Å². The predicted molar refractivity (Wildman–Crippen MR) is 111 cm³/mol. The summed E-state index contributed by atoms with van der Waals surface area (Å²) in [6, 6.07) is 3.71. The van der Waals surface area contributed by atoms with Gasteiger partial charge in [0.1, 0.15) is 11.7 Å². The fourth-order valence-corrected chi connectivity index (χ4v) is 3.51. The lowest BCUT2D eigenvalue weighted by molar-refractivity contribution is -0.135. The summed E-state index contributed by atoms with van der Waals surface area (Å²) in [4.78, 5) is 26.2. The minimum absolute atomic E-state index is 0.0958. The molecule has 0 saturated heterocycles. The van der Waals surface area contributed by atoms with Crippen LogP contribution in [0.25, 0.3) is 10.9 Å². The van der Waals surface area contributed by atoms with Crippen LogP contribution in [-0.2, 0) is 20.7 Å². The fraction of sp³-hybridized carbons (Fsp3) is 0.524. The minimum atomic E-state index is -0.531. The Labute approximate surface area is 170 Å². The van der Waals surface area contributed by atoms with Gasteiger partial charge in [0.2, 0.25) is 0 Å². The maximum absolute atomic E-state index is 11.8. The molecule has 2 rings (SSSR count). The van der Waals surface area contributed by atoms with Crippen molar-refractivity contribution in [3.8, 4) is 0 Å². The van der Waals surface area contributed by atoms with Crippen LogP contribution < -0.4 is 5.32 Å². The van der Waals surface area contributed by atoms with E-state index >= 15 is 0 Å². The molecule has 0 saturated carbocycles. The third-order valence-corrected chi connectivity index (χ3v) is 4.62. The number of hydrogen-bond acceptors (Lipinski definition) is 4. The van der Waals surface area contributed by atoms with Gasteiger partial charge in [0.15, 0.2) is 0 Å². The average molecular weight is 409 g/mol. The summed E-state index contributed by atoms with van der Waals surface area (Å²) in [7, 11) is 0. The first-order valence-electron chi connectivity index (χ1n) is 9.40. The molecule has 7 heteroatoms. The second kappa shape index (κ2) is 8.86. The van der Waals surface area contributed by atoms with Crippen LogP contribution in [0.4, 0.5) is 4.79 Å². The number of ether oxygens (including phenoxy) is 2. The first kappa shape index (κ1) is 22.1. The zero-order chi connectivity index (χ0) is 21.1. The number of fused-ring (bicyclic) bond motifs is 1. The van der Waals surface area contributed by atoms with Gasteiger partial charge in [0.25, 0.3) is 6.47 Å². The number of alkyl carbamates (subject to hydrolysis) is 1. The van der Waals surface area contributed by atoms with Gasteiger partial charge in [-0.15, -0.1) is 0 Å². The van der Waals surface area contributed by atoms with Crippen molar-refractivity contribution in [1.82, 2.24) is 10.3 Å². The number of rotatable bonds is 7. The van der Waals surface area contributed by atoms with Crippen LogP contribution in [0.3, 0.4) is 0 Å². The van der Waals surface area contributed by atoms with E-state index in [0.717, 1.165) is 27.7 Å². The van der Waals surface area contributed by atoms with E-state index in [1.165, 1.54) is 0 Å². The zero-order valence-electron chi connectivity index (χ0n) is 17.3. The third-order valence-electron chi connectivity index (χ3n) is 4.40. The van der Waals surface area contributed by atoms with E-state index in [-0.39, 0.29) is 12.0 Å². The molecule has 28 heavy (non-hydrogen) atoms. The zero-order valence-corrected chi connectivity index (χ0v) is 18.1. The van der Waals surface area contributed by atoms with Crippen molar-refractivity contribution in [2.75, 3.05) is 6.54 Å². The maximum Gasteiger partial charge on any atom is 0.407 e. The Hall–Kier alpha value is -2.21. The predicted octanol–water partition coefficient (Wildman–Crippen LogP) is 5.07. The van der Waals surface area contributed by atoms with Crippen LogP contribution in [0, 0.1) is 12.8 Å². The minimum Gasteiger partial charge on any atom is -0.459 e. The second-order valence-corrected chi connectivity index (χ2v) is 8.66. The number of aromatic amines is 1. The van der Waals surface area contributed by atoms with Crippen molar-refractivity contribution in [1.29, 1.82) is 0 Å². The molecule has 0 aliphatic carbocycles. The number of amides is 1. The number of carbonyl (C=O) groups excluding carboxylic acids is 2. The number of aryl methyl sites for hydroxylation is 1. The van der Waals surface area contributed by atoms with Crippen molar-refractivity contribution in [2.24, 2.45) is 5.92 Å². The van der Waals surface area contributed by atoms with E-state index < -0.39 is 11.7 Å². The van der Waals surface area contributed by atoms with Crippen molar-refractivity contribution in [3.05, 3.63) is 34.0 Å². The molecule has 0 spiro atoms. The number of aromatic nitrogens is 1. The lowest BCUT2D eigenvalue weighted by Crippen LogP contribution is -2.33. The summed E-state index contributed by atoms with van der Waals surface area (Å²) in [5.41, 5.74) is 3.27.